The number of hydrogen-bond donors (Lipinski definition) is 3. The third-order valence-corrected chi connectivity index (χ3v) is 3.51. The van der Waals surface area contributed by atoms with Crippen molar-refractivity contribution in [3.63, 3.8) is 0 Å². The van der Waals surface area contributed by atoms with Crippen molar-refractivity contribution in [2.75, 3.05) is 18.5 Å². The van der Waals surface area contributed by atoms with E-state index < -0.39 is 0 Å². The van der Waals surface area contributed by atoms with Crippen LogP contribution in [-0.4, -0.2) is 30.2 Å². The molecule has 1 atom stereocenters. The molecule has 0 spiro atoms. The molecule has 114 valence electrons. The number of nitrogens with one attached hydrogen (secondary N) is 1. The second kappa shape index (κ2) is 6.43. The third kappa shape index (κ3) is 3.07. The van der Waals surface area contributed by atoms with Gasteiger partial charge in [0.2, 0.25) is 0 Å². The number of benzene rings is 1. The second-order valence-corrected chi connectivity index (χ2v) is 4.79. The summed E-state index contributed by atoms with van der Waals surface area (Å²) in [6, 6.07) is 2.75. The fourth-order valence-electron chi connectivity index (χ4n) is 2.55. The van der Waals surface area contributed by atoms with Crippen LogP contribution in [0.2, 0.25) is 0 Å². The second-order valence-electron chi connectivity index (χ2n) is 4.79. The predicted octanol–water partition coefficient (Wildman–Crippen LogP) is 1.77. The molecule has 0 bridgehead atoms. The zero-order valence-electron chi connectivity index (χ0n) is 11.7. The molecule has 7 heteroatoms. The maximum Gasteiger partial charge on any atom is 0.305 e. The van der Waals surface area contributed by atoms with E-state index in [1.807, 2.05) is 0 Å². The number of hydrogen-bond acceptors (Lipinski definition) is 5. The minimum atomic E-state index is -0.363. The highest BCUT2D eigenvalue weighted by molar-refractivity contribution is 6.03. The molecular weight excluding hydrogens is 277 g/mol. The Hall–Kier alpha value is -2.31. The van der Waals surface area contributed by atoms with Crippen molar-refractivity contribution in [2.45, 2.75) is 25.7 Å². The molecule has 0 radical (unpaired) electrons. The minimum absolute atomic E-state index is 0.0789. The molecule has 21 heavy (non-hydrogen) atoms. The summed E-state index contributed by atoms with van der Waals surface area (Å²) in [6.45, 7) is 2.58. The monoisotopic (exact) mass is 295 g/mol. The Morgan fingerprint density at radius 2 is 2.38 bits per heavy atom. The van der Waals surface area contributed by atoms with E-state index in [-0.39, 0.29) is 30.0 Å². The fourth-order valence-corrected chi connectivity index (χ4v) is 2.55. The van der Waals surface area contributed by atoms with Gasteiger partial charge in [-0.05, 0) is 25.5 Å². The average molecular weight is 295 g/mol. The molecule has 0 saturated heterocycles. The lowest BCUT2D eigenvalue weighted by molar-refractivity contribution is -0.143. The summed E-state index contributed by atoms with van der Waals surface area (Å²) in [4.78, 5) is 11.4. The molecule has 0 aliphatic carbocycles. The van der Waals surface area contributed by atoms with E-state index in [1.165, 1.54) is 12.1 Å². The van der Waals surface area contributed by atoms with Crippen LogP contribution in [0, 0.1) is 5.82 Å². The summed E-state index contributed by atoms with van der Waals surface area (Å²) in [5, 5.41) is 14.8. The van der Waals surface area contributed by atoms with E-state index >= 15 is 0 Å². The van der Waals surface area contributed by atoms with Crippen LogP contribution < -0.4 is 11.1 Å². The molecule has 1 aromatic carbocycles. The standard InChI is InChI=1S/C14H18FN3O3/c1-2-21-11(19)6-3-8-7-17-13-9(14(16)18-20)4-5-10(15)12(8)13/h4-5,8,17,20H,2-3,6-7H2,1H3,(H2,16,18). The van der Waals surface area contributed by atoms with Gasteiger partial charge in [-0.1, -0.05) is 5.16 Å². The molecular formula is C14H18FN3O3. The molecule has 0 aromatic heterocycles. The van der Waals surface area contributed by atoms with E-state index in [1.54, 1.807) is 6.92 Å². The SMILES string of the molecule is CCOC(=O)CCC1CNc2c(/C(N)=N/O)ccc(F)c21. The zero-order chi connectivity index (χ0) is 15.4. The zero-order valence-corrected chi connectivity index (χ0v) is 11.7. The van der Waals surface area contributed by atoms with Gasteiger partial charge in [0.15, 0.2) is 5.84 Å². The van der Waals surface area contributed by atoms with E-state index in [4.69, 9.17) is 15.7 Å². The van der Waals surface area contributed by atoms with Gasteiger partial charge in [0.1, 0.15) is 5.82 Å². The van der Waals surface area contributed by atoms with Crippen LogP contribution >= 0.6 is 0 Å². The van der Waals surface area contributed by atoms with Crippen molar-refractivity contribution in [3.8, 4) is 0 Å². The third-order valence-electron chi connectivity index (χ3n) is 3.51. The first kappa shape index (κ1) is 15.1. The van der Waals surface area contributed by atoms with E-state index in [0.717, 1.165) is 0 Å². The number of nitrogens with zero attached hydrogens (tertiary/aromatic N) is 1. The van der Waals surface area contributed by atoms with Gasteiger partial charge in [-0.3, -0.25) is 4.79 Å². The van der Waals surface area contributed by atoms with Crippen molar-refractivity contribution in [1.29, 1.82) is 0 Å². The molecule has 4 N–H and O–H groups in total. The molecule has 1 aliphatic rings. The van der Waals surface area contributed by atoms with Crippen LogP contribution in [0.25, 0.3) is 0 Å². The lowest BCUT2D eigenvalue weighted by Gasteiger charge is -2.12. The Morgan fingerprint density at radius 1 is 1.62 bits per heavy atom. The molecule has 1 aliphatic heterocycles. The number of amidine groups is 1. The number of nitrogens with two attached hydrogens (primary N) is 1. The van der Waals surface area contributed by atoms with Gasteiger partial charge in [0.25, 0.3) is 0 Å². The van der Waals surface area contributed by atoms with Crippen molar-refractivity contribution in [3.05, 3.63) is 29.1 Å². The number of ether oxygens (including phenoxy) is 1. The summed E-state index contributed by atoms with van der Waals surface area (Å²) in [7, 11) is 0. The molecule has 1 aromatic rings. The highest BCUT2D eigenvalue weighted by Crippen LogP contribution is 2.38. The average Bonchev–Trinajstić information content (AvgIpc) is 2.90. The van der Waals surface area contributed by atoms with Crippen LogP contribution in [-0.2, 0) is 9.53 Å². The number of esters is 1. The molecule has 0 saturated carbocycles. The number of carbonyl (C=O) groups is 1. The highest BCUT2D eigenvalue weighted by atomic mass is 19.1. The van der Waals surface area contributed by atoms with Gasteiger partial charge in [0.05, 0.1) is 12.3 Å². The van der Waals surface area contributed by atoms with Gasteiger partial charge >= 0.3 is 5.97 Å². The van der Waals surface area contributed by atoms with Gasteiger partial charge < -0.3 is 21.0 Å². The Kier molecular flexibility index (Phi) is 4.62. The van der Waals surface area contributed by atoms with Gasteiger partial charge in [-0.15, -0.1) is 0 Å². The Morgan fingerprint density at radius 3 is 3.05 bits per heavy atom. The van der Waals surface area contributed by atoms with Gasteiger partial charge in [-0.2, -0.15) is 0 Å². The maximum absolute atomic E-state index is 14.1. The minimum Gasteiger partial charge on any atom is -0.466 e. The lowest BCUT2D eigenvalue weighted by atomic mass is 9.94. The van der Waals surface area contributed by atoms with Crippen molar-refractivity contribution >= 4 is 17.5 Å². The van der Waals surface area contributed by atoms with Gasteiger partial charge in [0, 0.05) is 30.0 Å². The number of halogens is 1. The Balaban J connectivity index is 2.21. The van der Waals surface area contributed by atoms with Crippen LogP contribution in [0.3, 0.4) is 0 Å². The molecule has 0 amide bonds. The van der Waals surface area contributed by atoms with Gasteiger partial charge in [-0.25, -0.2) is 4.39 Å². The molecule has 6 nitrogen and oxygen atoms in total. The lowest BCUT2D eigenvalue weighted by Crippen LogP contribution is -2.15. The van der Waals surface area contributed by atoms with Crippen molar-refractivity contribution < 1.29 is 19.1 Å². The van der Waals surface area contributed by atoms with Crippen LogP contribution in [0.15, 0.2) is 17.3 Å². The van der Waals surface area contributed by atoms with Crippen LogP contribution in [0.5, 0.6) is 0 Å². The number of rotatable bonds is 5. The maximum atomic E-state index is 14.1. The Labute approximate surface area is 121 Å². The Bertz CT molecular complexity index is 575. The molecule has 0 fully saturated rings. The van der Waals surface area contributed by atoms with Crippen molar-refractivity contribution in [1.82, 2.24) is 0 Å². The first-order chi connectivity index (χ1) is 10.1. The molecule has 1 heterocycles. The topological polar surface area (TPSA) is 96.9 Å². The largest absolute Gasteiger partial charge is 0.466 e. The fraction of sp³-hybridized carbons (Fsp3) is 0.429. The number of fused-ring (bicyclic) bond motifs is 1. The summed E-state index contributed by atoms with van der Waals surface area (Å²) in [5.74, 6) is -0.877. The molecule has 1 unspecified atom stereocenters. The van der Waals surface area contributed by atoms with Crippen LogP contribution in [0.4, 0.5) is 10.1 Å². The number of anilines is 1. The number of oxime groups is 1. The molecule has 2 rings (SSSR count). The van der Waals surface area contributed by atoms with Crippen LogP contribution in [0.1, 0.15) is 36.8 Å². The highest BCUT2D eigenvalue weighted by Gasteiger charge is 2.29. The normalized spacial score (nSPS) is 17.2. The first-order valence-electron chi connectivity index (χ1n) is 6.78. The quantitative estimate of drug-likeness (QED) is 0.253. The van der Waals surface area contributed by atoms with E-state index in [9.17, 15) is 9.18 Å². The summed E-state index contributed by atoms with van der Waals surface area (Å²) >= 11 is 0. The summed E-state index contributed by atoms with van der Waals surface area (Å²) in [6.07, 6.45) is 0.711. The smallest absolute Gasteiger partial charge is 0.305 e. The number of carbonyl (C=O) groups excluding carboxylic acids is 1. The summed E-state index contributed by atoms with van der Waals surface area (Å²) < 4.78 is 18.9. The van der Waals surface area contributed by atoms with E-state index in [2.05, 4.69) is 10.5 Å². The summed E-state index contributed by atoms with van der Waals surface area (Å²) in [5.41, 5.74) is 7.04. The first-order valence-corrected chi connectivity index (χ1v) is 6.78. The van der Waals surface area contributed by atoms with E-state index in [0.29, 0.717) is 36.4 Å². The predicted molar refractivity (Wildman–Crippen MR) is 76.0 cm³/mol. The van der Waals surface area contributed by atoms with Crippen molar-refractivity contribution in [2.24, 2.45) is 10.9 Å².